The number of halogens is 1. The fourth-order valence-electron chi connectivity index (χ4n) is 1.77. The average Bonchev–Trinajstić information content (AvgIpc) is 2.97. The van der Waals surface area contributed by atoms with Crippen LogP contribution in [0.1, 0.15) is 39.2 Å². The molecule has 1 aliphatic rings. The van der Waals surface area contributed by atoms with Gasteiger partial charge >= 0.3 is 6.09 Å². The summed E-state index contributed by atoms with van der Waals surface area (Å²) < 4.78 is 5.17. The molecule has 5 heteroatoms. The number of hydrogen-bond donors (Lipinski definition) is 2. The predicted octanol–water partition coefficient (Wildman–Crippen LogP) is 3.67. The highest BCUT2D eigenvalue weighted by Crippen LogP contribution is 2.48. The Morgan fingerprint density at radius 3 is 2.58 bits per heavy atom. The van der Waals surface area contributed by atoms with Crippen molar-refractivity contribution in [3.05, 3.63) is 28.8 Å². The van der Waals surface area contributed by atoms with E-state index in [2.05, 4.69) is 5.32 Å². The summed E-state index contributed by atoms with van der Waals surface area (Å²) in [5.74, 6) is 0. The molecule has 0 atom stereocenters. The van der Waals surface area contributed by atoms with Gasteiger partial charge in [0.1, 0.15) is 5.60 Å². The Balaban J connectivity index is 2.12. The number of amides is 1. The number of carbonyl (C=O) groups excluding carboxylic acids is 1. The molecule has 2 N–H and O–H groups in total. The van der Waals surface area contributed by atoms with Crippen molar-refractivity contribution in [2.45, 2.75) is 44.8 Å². The molecule has 19 heavy (non-hydrogen) atoms. The molecule has 0 radical (unpaired) electrons. The third kappa shape index (κ3) is 3.61. The van der Waals surface area contributed by atoms with Gasteiger partial charge in [0.15, 0.2) is 0 Å². The lowest BCUT2D eigenvalue weighted by Crippen LogP contribution is -2.27. The number of hydrogen-bond acceptors (Lipinski definition) is 3. The van der Waals surface area contributed by atoms with Crippen molar-refractivity contribution in [2.75, 3.05) is 5.32 Å². The topological polar surface area (TPSA) is 58.6 Å². The summed E-state index contributed by atoms with van der Waals surface area (Å²) in [4.78, 5) is 11.7. The van der Waals surface area contributed by atoms with Gasteiger partial charge in [0.25, 0.3) is 0 Å². The van der Waals surface area contributed by atoms with Gasteiger partial charge in [-0.25, -0.2) is 4.79 Å². The zero-order valence-electron chi connectivity index (χ0n) is 11.3. The number of nitrogens with one attached hydrogen (secondary N) is 1. The summed E-state index contributed by atoms with van der Waals surface area (Å²) in [7, 11) is 0. The number of benzene rings is 1. The fourth-order valence-corrected chi connectivity index (χ4v) is 2.06. The predicted molar refractivity (Wildman–Crippen MR) is 74.4 cm³/mol. The standard InChI is InChI=1S/C14H18ClNO3/c1-13(2,3)19-12(17)16-9-4-5-11(15)10(8-9)14(18)6-7-14/h4-5,8,18H,6-7H2,1-3H3,(H,16,17). The van der Waals surface area contributed by atoms with Gasteiger partial charge in [-0.15, -0.1) is 0 Å². The second kappa shape index (κ2) is 4.69. The van der Waals surface area contributed by atoms with Crippen LogP contribution in [-0.2, 0) is 10.3 Å². The number of carbonyl (C=O) groups is 1. The number of ether oxygens (including phenoxy) is 1. The summed E-state index contributed by atoms with van der Waals surface area (Å²) in [6.07, 6.45) is 0.870. The summed E-state index contributed by atoms with van der Waals surface area (Å²) >= 11 is 6.06. The van der Waals surface area contributed by atoms with E-state index < -0.39 is 17.3 Å². The Morgan fingerprint density at radius 1 is 1.42 bits per heavy atom. The molecular weight excluding hydrogens is 266 g/mol. The molecule has 0 aliphatic heterocycles. The Bertz CT molecular complexity index is 504. The van der Waals surface area contributed by atoms with Crippen molar-refractivity contribution in [3.8, 4) is 0 Å². The summed E-state index contributed by atoms with van der Waals surface area (Å²) in [6, 6.07) is 5.04. The van der Waals surface area contributed by atoms with Crippen molar-refractivity contribution in [1.29, 1.82) is 0 Å². The van der Waals surface area contributed by atoms with Crippen LogP contribution in [0.15, 0.2) is 18.2 Å². The van der Waals surface area contributed by atoms with E-state index in [0.29, 0.717) is 29.1 Å². The smallest absolute Gasteiger partial charge is 0.412 e. The van der Waals surface area contributed by atoms with E-state index in [1.165, 1.54) is 0 Å². The van der Waals surface area contributed by atoms with E-state index in [0.717, 1.165) is 0 Å². The first-order chi connectivity index (χ1) is 8.70. The van der Waals surface area contributed by atoms with E-state index in [1.807, 2.05) is 0 Å². The molecule has 0 heterocycles. The zero-order chi connectivity index (χ0) is 14.3. The molecule has 1 saturated carbocycles. The van der Waals surface area contributed by atoms with Crippen molar-refractivity contribution in [2.24, 2.45) is 0 Å². The van der Waals surface area contributed by atoms with Gasteiger partial charge in [0, 0.05) is 16.3 Å². The van der Waals surface area contributed by atoms with Crippen molar-refractivity contribution in [3.63, 3.8) is 0 Å². The molecule has 0 bridgehead atoms. The van der Waals surface area contributed by atoms with E-state index in [4.69, 9.17) is 16.3 Å². The van der Waals surface area contributed by atoms with Gasteiger partial charge < -0.3 is 9.84 Å². The number of anilines is 1. The maximum absolute atomic E-state index is 11.7. The highest BCUT2D eigenvalue weighted by atomic mass is 35.5. The lowest BCUT2D eigenvalue weighted by molar-refractivity contribution is 0.0635. The third-order valence-electron chi connectivity index (χ3n) is 2.84. The van der Waals surface area contributed by atoms with Crippen LogP contribution in [0.4, 0.5) is 10.5 Å². The maximum Gasteiger partial charge on any atom is 0.412 e. The SMILES string of the molecule is CC(C)(C)OC(=O)Nc1ccc(Cl)c(C2(O)CC2)c1. The molecule has 0 unspecified atom stereocenters. The Hall–Kier alpha value is -1.26. The number of rotatable bonds is 2. The van der Waals surface area contributed by atoms with Crippen molar-refractivity contribution < 1.29 is 14.6 Å². The molecule has 1 fully saturated rings. The molecule has 104 valence electrons. The zero-order valence-corrected chi connectivity index (χ0v) is 12.0. The molecule has 1 aliphatic carbocycles. The number of aliphatic hydroxyl groups is 1. The lowest BCUT2D eigenvalue weighted by atomic mass is 10.1. The average molecular weight is 284 g/mol. The van der Waals surface area contributed by atoms with Gasteiger partial charge in [0.2, 0.25) is 0 Å². The maximum atomic E-state index is 11.7. The molecule has 1 aromatic rings. The molecule has 1 amide bonds. The highest BCUT2D eigenvalue weighted by Gasteiger charge is 2.43. The summed E-state index contributed by atoms with van der Waals surface area (Å²) in [5.41, 5.74) is -0.159. The first-order valence-electron chi connectivity index (χ1n) is 6.22. The minimum Gasteiger partial charge on any atom is -0.444 e. The normalized spacial score (nSPS) is 16.9. The minimum atomic E-state index is -0.831. The van der Waals surface area contributed by atoms with Gasteiger partial charge in [-0.2, -0.15) is 0 Å². The molecule has 0 aromatic heterocycles. The van der Waals surface area contributed by atoms with Crippen LogP contribution >= 0.6 is 11.6 Å². The van der Waals surface area contributed by atoms with Crippen LogP contribution in [0.25, 0.3) is 0 Å². The lowest BCUT2D eigenvalue weighted by Gasteiger charge is -2.20. The Labute approximate surface area is 117 Å². The highest BCUT2D eigenvalue weighted by molar-refractivity contribution is 6.31. The van der Waals surface area contributed by atoms with E-state index in [1.54, 1.807) is 39.0 Å². The quantitative estimate of drug-likeness (QED) is 0.871. The molecule has 2 rings (SSSR count). The van der Waals surface area contributed by atoms with Crippen LogP contribution in [0.2, 0.25) is 5.02 Å². The molecule has 4 nitrogen and oxygen atoms in total. The van der Waals surface area contributed by atoms with E-state index in [-0.39, 0.29) is 0 Å². The van der Waals surface area contributed by atoms with Crippen LogP contribution in [0, 0.1) is 0 Å². The van der Waals surface area contributed by atoms with E-state index >= 15 is 0 Å². The molecule has 1 aromatic carbocycles. The second-order valence-electron chi connectivity index (χ2n) is 5.85. The summed E-state index contributed by atoms with van der Waals surface area (Å²) in [5, 5.41) is 13.2. The Morgan fingerprint density at radius 2 is 2.05 bits per heavy atom. The van der Waals surface area contributed by atoms with Gasteiger partial charge in [-0.05, 0) is 51.8 Å². The third-order valence-corrected chi connectivity index (χ3v) is 3.17. The van der Waals surface area contributed by atoms with Crippen molar-refractivity contribution in [1.82, 2.24) is 0 Å². The first-order valence-corrected chi connectivity index (χ1v) is 6.60. The molecular formula is C14H18ClNO3. The largest absolute Gasteiger partial charge is 0.444 e. The van der Waals surface area contributed by atoms with Gasteiger partial charge in [-0.1, -0.05) is 11.6 Å². The summed E-state index contributed by atoms with van der Waals surface area (Å²) in [6.45, 7) is 5.40. The minimum absolute atomic E-state index is 0.509. The van der Waals surface area contributed by atoms with Crippen LogP contribution < -0.4 is 5.32 Å². The fraction of sp³-hybridized carbons (Fsp3) is 0.500. The second-order valence-corrected chi connectivity index (χ2v) is 6.26. The van der Waals surface area contributed by atoms with Gasteiger partial charge in [-0.3, -0.25) is 5.32 Å². The van der Waals surface area contributed by atoms with Gasteiger partial charge in [0.05, 0.1) is 5.60 Å². The van der Waals surface area contributed by atoms with Crippen LogP contribution in [0.3, 0.4) is 0 Å². The van der Waals surface area contributed by atoms with Crippen molar-refractivity contribution >= 4 is 23.4 Å². The monoisotopic (exact) mass is 283 g/mol. The van der Waals surface area contributed by atoms with Crippen LogP contribution in [-0.4, -0.2) is 16.8 Å². The molecule has 0 spiro atoms. The molecule has 0 saturated heterocycles. The van der Waals surface area contributed by atoms with Crippen LogP contribution in [0.5, 0.6) is 0 Å². The first kappa shape index (κ1) is 14.2. The van der Waals surface area contributed by atoms with E-state index in [9.17, 15) is 9.90 Å². The Kier molecular flexibility index (Phi) is 3.49.